The van der Waals surface area contributed by atoms with E-state index >= 15 is 0 Å². The van der Waals surface area contributed by atoms with E-state index < -0.39 is 0 Å². The van der Waals surface area contributed by atoms with Crippen molar-refractivity contribution in [3.05, 3.63) is 59.7 Å². The van der Waals surface area contributed by atoms with Crippen molar-refractivity contribution < 1.29 is 14.3 Å². The smallest absolute Gasteiger partial charge is 0.253 e. The number of amides is 2. The summed E-state index contributed by atoms with van der Waals surface area (Å²) < 4.78 is 5.39. The Bertz CT molecular complexity index is 928. The minimum atomic E-state index is -0.383. The first-order chi connectivity index (χ1) is 15.3. The Balaban J connectivity index is 1.57. The van der Waals surface area contributed by atoms with Crippen LogP contribution in [0.4, 0.5) is 5.69 Å². The van der Waals surface area contributed by atoms with Gasteiger partial charge in [0.1, 0.15) is 5.75 Å². The monoisotopic (exact) mass is 437 g/mol. The molecule has 2 aromatic carbocycles. The summed E-state index contributed by atoms with van der Waals surface area (Å²) in [5.74, 6) is 0.855. The van der Waals surface area contributed by atoms with Gasteiger partial charge in [0.25, 0.3) is 5.91 Å². The second-order valence-electron chi connectivity index (χ2n) is 9.32. The molecular formula is C26H35N3O3. The predicted molar refractivity (Wildman–Crippen MR) is 128 cm³/mol. The number of para-hydroxylation sites is 2. The lowest BCUT2D eigenvalue weighted by Crippen LogP contribution is -2.48. The summed E-state index contributed by atoms with van der Waals surface area (Å²) in [6.45, 7) is 7.94. The summed E-state index contributed by atoms with van der Waals surface area (Å²) >= 11 is 0. The highest BCUT2D eigenvalue weighted by atomic mass is 16.5. The minimum Gasteiger partial charge on any atom is -0.496 e. The molecule has 1 saturated heterocycles. The molecule has 6 nitrogen and oxygen atoms in total. The number of carbonyl (C=O) groups excluding carboxylic acids is 2. The van der Waals surface area contributed by atoms with Crippen LogP contribution in [0.5, 0.6) is 5.75 Å². The Kier molecular flexibility index (Phi) is 7.78. The van der Waals surface area contributed by atoms with E-state index in [9.17, 15) is 9.59 Å². The number of rotatable bonds is 7. The zero-order valence-corrected chi connectivity index (χ0v) is 19.6. The van der Waals surface area contributed by atoms with Crippen LogP contribution in [0.1, 0.15) is 49.5 Å². The topological polar surface area (TPSA) is 70.7 Å². The molecule has 3 rings (SSSR count). The second-order valence-corrected chi connectivity index (χ2v) is 9.32. The summed E-state index contributed by atoms with van der Waals surface area (Å²) in [6.07, 6.45) is 2.44. The van der Waals surface area contributed by atoms with Crippen molar-refractivity contribution in [3.63, 3.8) is 0 Å². The van der Waals surface area contributed by atoms with E-state index in [2.05, 4.69) is 15.5 Å². The average Bonchev–Trinajstić information content (AvgIpc) is 2.79. The van der Waals surface area contributed by atoms with Gasteiger partial charge >= 0.3 is 0 Å². The molecule has 6 heteroatoms. The molecule has 0 radical (unpaired) electrons. The number of piperidine rings is 1. The fraction of sp³-hybridized carbons (Fsp3) is 0.462. The molecule has 0 spiro atoms. The molecule has 0 saturated carbocycles. The van der Waals surface area contributed by atoms with E-state index in [1.807, 2.05) is 69.3 Å². The molecule has 0 atom stereocenters. The highest BCUT2D eigenvalue weighted by molar-refractivity contribution is 5.99. The second kappa shape index (κ2) is 10.5. The van der Waals surface area contributed by atoms with Gasteiger partial charge in [0.2, 0.25) is 5.91 Å². The highest BCUT2D eigenvalue weighted by Crippen LogP contribution is 2.25. The first kappa shape index (κ1) is 23.6. The molecule has 0 aromatic heterocycles. The highest BCUT2D eigenvalue weighted by Gasteiger charge is 2.27. The maximum Gasteiger partial charge on any atom is 0.253 e. The molecule has 1 fully saturated rings. The van der Waals surface area contributed by atoms with E-state index in [1.54, 1.807) is 7.11 Å². The number of methoxy groups -OCH3 is 1. The molecule has 1 aliphatic heterocycles. The molecule has 172 valence electrons. The van der Waals surface area contributed by atoms with Crippen LogP contribution in [-0.2, 0) is 11.2 Å². The van der Waals surface area contributed by atoms with Gasteiger partial charge < -0.3 is 20.3 Å². The standard InChI is InChI=1S/C26H35N3O3/c1-26(2,3)25(31)28-20-14-17-29(18-15-20)22-11-7-6-10-21(22)24(30)27-16-13-19-9-5-8-12-23(19)32-4/h5-12,20H,13-18H2,1-4H3,(H,27,30)(H,28,31). The lowest BCUT2D eigenvalue weighted by atomic mass is 9.94. The number of hydrogen-bond donors (Lipinski definition) is 2. The van der Waals surface area contributed by atoms with Crippen molar-refractivity contribution in [2.75, 3.05) is 31.6 Å². The Labute approximate surface area is 191 Å². The van der Waals surface area contributed by atoms with Gasteiger partial charge in [-0.15, -0.1) is 0 Å². The third-order valence-corrected chi connectivity index (χ3v) is 5.87. The maximum atomic E-state index is 12.9. The van der Waals surface area contributed by atoms with Gasteiger partial charge in [-0.1, -0.05) is 51.1 Å². The fourth-order valence-electron chi connectivity index (χ4n) is 3.92. The summed E-state index contributed by atoms with van der Waals surface area (Å²) in [4.78, 5) is 27.5. The number of nitrogens with one attached hydrogen (secondary N) is 2. The number of carbonyl (C=O) groups is 2. The van der Waals surface area contributed by atoms with Gasteiger partial charge in [0.15, 0.2) is 0 Å². The summed E-state index contributed by atoms with van der Waals surface area (Å²) in [5.41, 5.74) is 2.32. The van der Waals surface area contributed by atoms with Crippen molar-refractivity contribution in [3.8, 4) is 5.75 Å². The van der Waals surface area contributed by atoms with Crippen molar-refractivity contribution in [1.29, 1.82) is 0 Å². The summed E-state index contributed by atoms with van der Waals surface area (Å²) in [5, 5.41) is 6.22. The van der Waals surface area contributed by atoms with Crippen LogP contribution >= 0.6 is 0 Å². The first-order valence-electron chi connectivity index (χ1n) is 11.3. The Morgan fingerprint density at radius 1 is 1.03 bits per heavy atom. The molecule has 2 N–H and O–H groups in total. The first-order valence-corrected chi connectivity index (χ1v) is 11.3. The Morgan fingerprint density at radius 3 is 2.38 bits per heavy atom. The Morgan fingerprint density at radius 2 is 1.69 bits per heavy atom. The van der Waals surface area contributed by atoms with Crippen molar-refractivity contribution in [2.45, 2.75) is 46.1 Å². The molecule has 1 heterocycles. The molecule has 2 amide bonds. The number of anilines is 1. The fourth-order valence-corrected chi connectivity index (χ4v) is 3.92. The number of ether oxygens (including phenoxy) is 1. The average molecular weight is 438 g/mol. The van der Waals surface area contributed by atoms with Crippen LogP contribution in [0.25, 0.3) is 0 Å². The number of nitrogens with zero attached hydrogens (tertiary/aromatic N) is 1. The predicted octanol–water partition coefficient (Wildman–Crippen LogP) is 3.80. The molecule has 0 unspecified atom stereocenters. The van der Waals surface area contributed by atoms with Gasteiger partial charge in [-0.2, -0.15) is 0 Å². The third kappa shape index (κ3) is 6.02. The van der Waals surface area contributed by atoms with E-state index in [1.165, 1.54) is 0 Å². The van der Waals surface area contributed by atoms with Gasteiger partial charge in [0.05, 0.1) is 12.7 Å². The molecule has 0 bridgehead atoms. The van der Waals surface area contributed by atoms with Gasteiger partial charge in [0, 0.05) is 36.8 Å². The van der Waals surface area contributed by atoms with Crippen LogP contribution in [-0.4, -0.2) is 44.6 Å². The number of hydrogen-bond acceptors (Lipinski definition) is 4. The number of benzene rings is 2. The lowest BCUT2D eigenvalue weighted by molar-refractivity contribution is -0.129. The van der Waals surface area contributed by atoms with Crippen LogP contribution in [0, 0.1) is 5.41 Å². The zero-order valence-electron chi connectivity index (χ0n) is 19.6. The summed E-state index contributed by atoms with van der Waals surface area (Å²) in [6, 6.07) is 15.8. The van der Waals surface area contributed by atoms with E-state index in [0.717, 1.165) is 42.9 Å². The van der Waals surface area contributed by atoms with Gasteiger partial charge in [-0.05, 0) is 43.0 Å². The van der Waals surface area contributed by atoms with Crippen molar-refractivity contribution in [2.24, 2.45) is 5.41 Å². The molecular weight excluding hydrogens is 402 g/mol. The third-order valence-electron chi connectivity index (χ3n) is 5.87. The SMILES string of the molecule is COc1ccccc1CCNC(=O)c1ccccc1N1CCC(NC(=O)C(C)(C)C)CC1. The van der Waals surface area contributed by atoms with Crippen molar-refractivity contribution >= 4 is 17.5 Å². The maximum absolute atomic E-state index is 12.9. The molecule has 0 aliphatic carbocycles. The van der Waals surface area contributed by atoms with E-state index in [0.29, 0.717) is 18.5 Å². The van der Waals surface area contributed by atoms with E-state index in [-0.39, 0.29) is 23.3 Å². The Hall–Kier alpha value is -3.02. The lowest BCUT2D eigenvalue weighted by Gasteiger charge is -2.35. The van der Waals surface area contributed by atoms with Crippen LogP contribution in [0.15, 0.2) is 48.5 Å². The molecule has 2 aromatic rings. The quantitative estimate of drug-likeness (QED) is 0.691. The van der Waals surface area contributed by atoms with Crippen LogP contribution < -0.4 is 20.3 Å². The van der Waals surface area contributed by atoms with Crippen LogP contribution in [0.2, 0.25) is 0 Å². The van der Waals surface area contributed by atoms with Gasteiger partial charge in [-0.3, -0.25) is 9.59 Å². The van der Waals surface area contributed by atoms with Crippen molar-refractivity contribution in [1.82, 2.24) is 10.6 Å². The molecule has 1 aliphatic rings. The van der Waals surface area contributed by atoms with Crippen LogP contribution in [0.3, 0.4) is 0 Å². The molecule has 32 heavy (non-hydrogen) atoms. The summed E-state index contributed by atoms with van der Waals surface area (Å²) in [7, 11) is 1.66. The minimum absolute atomic E-state index is 0.0707. The zero-order chi connectivity index (χ0) is 23.1. The largest absolute Gasteiger partial charge is 0.496 e. The van der Waals surface area contributed by atoms with Gasteiger partial charge in [-0.25, -0.2) is 0 Å². The normalized spacial score (nSPS) is 14.7. The van der Waals surface area contributed by atoms with E-state index in [4.69, 9.17) is 4.74 Å².